The van der Waals surface area contributed by atoms with Crippen molar-refractivity contribution < 1.29 is 9.90 Å². The zero-order valence-corrected chi connectivity index (χ0v) is 13.4. The first kappa shape index (κ1) is 15.2. The van der Waals surface area contributed by atoms with Crippen molar-refractivity contribution in [2.24, 2.45) is 0 Å². The van der Waals surface area contributed by atoms with Crippen molar-refractivity contribution >= 4 is 17.2 Å². The van der Waals surface area contributed by atoms with Gasteiger partial charge in [0.25, 0.3) is 5.91 Å². The first-order valence-corrected chi connectivity index (χ1v) is 8.48. The van der Waals surface area contributed by atoms with Crippen molar-refractivity contribution in [3.8, 4) is 11.3 Å². The van der Waals surface area contributed by atoms with Gasteiger partial charge in [-0.05, 0) is 19.8 Å². The average Bonchev–Trinajstić information content (AvgIpc) is 2.92. The van der Waals surface area contributed by atoms with Gasteiger partial charge < -0.3 is 10.4 Å². The molecule has 1 amide bonds. The van der Waals surface area contributed by atoms with E-state index in [0.717, 1.165) is 41.9 Å². The molecule has 2 N–H and O–H groups in total. The molecule has 2 atom stereocenters. The van der Waals surface area contributed by atoms with Gasteiger partial charge in [0.05, 0.1) is 22.8 Å². The Kier molecular flexibility index (Phi) is 4.55. The number of rotatable bonds is 3. The van der Waals surface area contributed by atoms with Crippen LogP contribution in [0.25, 0.3) is 11.3 Å². The number of aliphatic hydroxyl groups excluding tert-OH is 1. The number of hydrogen-bond donors (Lipinski definition) is 2. The fraction of sp³-hybridized carbons (Fsp3) is 0.412. The molecule has 1 heterocycles. The summed E-state index contributed by atoms with van der Waals surface area (Å²) in [6.07, 6.45) is 3.24. The molecule has 0 bridgehead atoms. The molecule has 5 heteroatoms. The van der Waals surface area contributed by atoms with Gasteiger partial charge in [-0.1, -0.05) is 43.2 Å². The van der Waals surface area contributed by atoms with Gasteiger partial charge in [-0.25, -0.2) is 4.98 Å². The van der Waals surface area contributed by atoms with E-state index >= 15 is 0 Å². The van der Waals surface area contributed by atoms with Gasteiger partial charge in [-0.15, -0.1) is 11.3 Å². The van der Waals surface area contributed by atoms with Gasteiger partial charge in [0, 0.05) is 5.56 Å². The van der Waals surface area contributed by atoms with Crippen LogP contribution in [-0.4, -0.2) is 28.1 Å². The van der Waals surface area contributed by atoms with Crippen molar-refractivity contribution in [1.29, 1.82) is 0 Å². The highest BCUT2D eigenvalue weighted by atomic mass is 32.1. The van der Waals surface area contributed by atoms with Crippen LogP contribution in [0.15, 0.2) is 30.3 Å². The number of benzene rings is 1. The van der Waals surface area contributed by atoms with Gasteiger partial charge in [0.1, 0.15) is 4.88 Å². The van der Waals surface area contributed by atoms with Crippen LogP contribution < -0.4 is 5.32 Å². The molecule has 1 aliphatic carbocycles. The molecule has 1 aliphatic rings. The smallest absolute Gasteiger partial charge is 0.263 e. The number of amides is 1. The van der Waals surface area contributed by atoms with E-state index in [4.69, 9.17) is 0 Å². The number of aryl methyl sites for hydroxylation is 1. The summed E-state index contributed by atoms with van der Waals surface area (Å²) in [5, 5.41) is 13.9. The maximum atomic E-state index is 12.6. The second-order valence-corrected chi connectivity index (χ2v) is 6.91. The molecule has 0 aliphatic heterocycles. The van der Waals surface area contributed by atoms with Crippen LogP contribution >= 0.6 is 11.3 Å². The summed E-state index contributed by atoms with van der Waals surface area (Å²) in [6.45, 7) is 1.91. The summed E-state index contributed by atoms with van der Waals surface area (Å²) in [6, 6.07) is 9.60. The first-order valence-electron chi connectivity index (χ1n) is 7.67. The van der Waals surface area contributed by atoms with Crippen molar-refractivity contribution in [1.82, 2.24) is 10.3 Å². The number of carbonyl (C=O) groups is 1. The summed E-state index contributed by atoms with van der Waals surface area (Å²) >= 11 is 1.40. The average molecular weight is 316 g/mol. The van der Waals surface area contributed by atoms with Crippen molar-refractivity contribution in [2.75, 3.05) is 0 Å². The van der Waals surface area contributed by atoms with E-state index in [1.54, 1.807) is 0 Å². The van der Waals surface area contributed by atoms with Crippen molar-refractivity contribution in [3.05, 3.63) is 40.2 Å². The standard InChI is InChI=1S/C17H20N2O2S/c1-11-18-15(12-7-3-2-4-8-12)16(22-11)17(21)19-13-9-5-6-10-14(13)20/h2-4,7-8,13-14,20H,5-6,9-10H2,1H3,(H,19,21)/t13-,14-/m0/s1. The number of thiazole rings is 1. The quantitative estimate of drug-likeness (QED) is 0.914. The SMILES string of the molecule is Cc1nc(-c2ccccc2)c(C(=O)N[C@H]2CCCC[C@@H]2O)s1. The van der Waals surface area contributed by atoms with Crippen LogP contribution in [0.2, 0.25) is 0 Å². The highest BCUT2D eigenvalue weighted by Gasteiger charge is 2.27. The van der Waals surface area contributed by atoms with E-state index in [1.807, 2.05) is 37.3 Å². The number of aliphatic hydroxyl groups is 1. The van der Waals surface area contributed by atoms with Gasteiger partial charge in [-0.2, -0.15) is 0 Å². The summed E-state index contributed by atoms with van der Waals surface area (Å²) in [4.78, 5) is 17.7. The summed E-state index contributed by atoms with van der Waals surface area (Å²) in [7, 11) is 0. The minimum Gasteiger partial charge on any atom is -0.391 e. The number of nitrogens with one attached hydrogen (secondary N) is 1. The lowest BCUT2D eigenvalue weighted by atomic mass is 9.92. The fourth-order valence-corrected chi connectivity index (χ4v) is 3.73. The molecule has 22 heavy (non-hydrogen) atoms. The molecule has 0 saturated heterocycles. The molecule has 116 valence electrons. The van der Waals surface area contributed by atoms with Crippen molar-refractivity contribution in [2.45, 2.75) is 44.8 Å². The van der Waals surface area contributed by atoms with E-state index in [9.17, 15) is 9.90 Å². The van der Waals surface area contributed by atoms with Crippen LogP contribution in [0.3, 0.4) is 0 Å². The second kappa shape index (κ2) is 6.58. The molecule has 1 aromatic carbocycles. The third-order valence-corrected chi connectivity index (χ3v) is 5.00. The highest BCUT2D eigenvalue weighted by molar-refractivity contribution is 7.14. The van der Waals surface area contributed by atoms with E-state index in [1.165, 1.54) is 11.3 Å². The van der Waals surface area contributed by atoms with Gasteiger partial charge in [0.15, 0.2) is 0 Å². The summed E-state index contributed by atoms with van der Waals surface area (Å²) in [5.41, 5.74) is 1.67. The summed E-state index contributed by atoms with van der Waals surface area (Å²) < 4.78 is 0. The Labute approximate surface area is 134 Å². The third kappa shape index (κ3) is 3.20. The molecule has 3 rings (SSSR count). The van der Waals surface area contributed by atoms with Crippen LogP contribution in [0.5, 0.6) is 0 Å². The van der Waals surface area contributed by atoms with E-state index in [0.29, 0.717) is 4.88 Å². The maximum Gasteiger partial charge on any atom is 0.263 e. The molecular formula is C17H20N2O2S. The largest absolute Gasteiger partial charge is 0.391 e. The van der Waals surface area contributed by atoms with Crippen LogP contribution in [-0.2, 0) is 0 Å². The third-order valence-electron chi connectivity index (χ3n) is 4.03. The van der Waals surface area contributed by atoms with E-state index in [-0.39, 0.29) is 11.9 Å². The number of nitrogens with zero attached hydrogens (tertiary/aromatic N) is 1. The fourth-order valence-electron chi connectivity index (χ4n) is 2.89. The van der Waals surface area contributed by atoms with E-state index in [2.05, 4.69) is 10.3 Å². The van der Waals surface area contributed by atoms with Gasteiger partial charge in [-0.3, -0.25) is 4.79 Å². The molecule has 4 nitrogen and oxygen atoms in total. The number of aromatic nitrogens is 1. The zero-order chi connectivity index (χ0) is 15.5. The van der Waals surface area contributed by atoms with Crippen molar-refractivity contribution in [3.63, 3.8) is 0 Å². The number of hydrogen-bond acceptors (Lipinski definition) is 4. The predicted octanol–water partition coefficient (Wildman–Crippen LogP) is 3.15. The lowest BCUT2D eigenvalue weighted by Crippen LogP contribution is -2.44. The molecular weight excluding hydrogens is 296 g/mol. The Hall–Kier alpha value is -1.72. The number of carbonyl (C=O) groups excluding carboxylic acids is 1. The topological polar surface area (TPSA) is 62.2 Å². The molecule has 0 radical (unpaired) electrons. The van der Waals surface area contributed by atoms with Gasteiger partial charge >= 0.3 is 0 Å². The monoisotopic (exact) mass is 316 g/mol. The van der Waals surface area contributed by atoms with Crippen LogP contribution in [0.4, 0.5) is 0 Å². The minimum absolute atomic E-state index is 0.129. The molecule has 1 saturated carbocycles. The highest BCUT2D eigenvalue weighted by Crippen LogP contribution is 2.28. The molecule has 1 aromatic heterocycles. The second-order valence-electron chi connectivity index (χ2n) is 5.71. The minimum atomic E-state index is -0.438. The Morgan fingerprint density at radius 3 is 2.73 bits per heavy atom. The molecule has 1 fully saturated rings. The summed E-state index contributed by atoms with van der Waals surface area (Å²) in [5.74, 6) is -0.129. The lowest BCUT2D eigenvalue weighted by Gasteiger charge is -2.28. The normalized spacial score (nSPS) is 21.5. The Morgan fingerprint density at radius 1 is 1.27 bits per heavy atom. The maximum absolute atomic E-state index is 12.6. The lowest BCUT2D eigenvalue weighted by molar-refractivity contribution is 0.0720. The first-order chi connectivity index (χ1) is 10.6. The van der Waals surface area contributed by atoms with Crippen LogP contribution in [0, 0.1) is 6.92 Å². The molecule has 0 spiro atoms. The van der Waals surface area contributed by atoms with Gasteiger partial charge in [0.2, 0.25) is 0 Å². The van der Waals surface area contributed by atoms with E-state index < -0.39 is 6.10 Å². The molecule has 0 unspecified atom stereocenters. The Balaban J connectivity index is 1.84. The predicted molar refractivity (Wildman–Crippen MR) is 88.0 cm³/mol. The zero-order valence-electron chi connectivity index (χ0n) is 12.6. The molecule has 2 aromatic rings. The van der Waals surface area contributed by atoms with Crippen LogP contribution in [0.1, 0.15) is 40.4 Å². The Bertz CT molecular complexity index is 654. The Morgan fingerprint density at radius 2 is 2.00 bits per heavy atom.